The second kappa shape index (κ2) is 6.28. The normalized spacial score (nSPS) is 16.3. The van der Waals surface area contributed by atoms with Crippen LogP contribution in [0.5, 0.6) is 0 Å². The highest BCUT2D eigenvalue weighted by atomic mass is 32.1. The molecule has 3 nitrogen and oxygen atoms in total. The summed E-state index contributed by atoms with van der Waals surface area (Å²) < 4.78 is 1.33. The second-order valence-electron chi connectivity index (χ2n) is 8.12. The van der Waals surface area contributed by atoms with Gasteiger partial charge in [-0.25, -0.2) is 9.97 Å². The molecule has 0 amide bonds. The molecule has 0 saturated heterocycles. The maximum atomic E-state index is 6.85. The van der Waals surface area contributed by atoms with E-state index in [1.165, 1.54) is 69.4 Å². The van der Waals surface area contributed by atoms with Crippen LogP contribution in [0.2, 0.25) is 0 Å². The summed E-state index contributed by atoms with van der Waals surface area (Å²) in [6.07, 6.45) is 9.09. The Hall–Kier alpha value is -2.46. The number of hydrogen-bond acceptors (Lipinski definition) is 4. The zero-order chi connectivity index (χ0) is 18.7. The van der Waals surface area contributed by atoms with Gasteiger partial charge in [0.1, 0.15) is 0 Å². The standard InChI is InChI=1S/C24H23N3S/c25-23-16-9-2-5-11-19(16)27-24-22(23)21(15-8-1-4-10-18(15)26-24)17-13-28-20-12-6-3-7-14(17)20/h3,6-7,12-13H,1-2,4-5,8-11H2,(H2,25,26,27). The number of pyridine rings is 2. The Kier molecular flexibility index (Phi) is 3.70. The van der Waals surface area contributed by atoms with Gasteiger partial charge in [0.2, 0.25) is 0 Å². The third-order valence-corrected chi connectivity index (χ3v) is 7.44. The average Bonchev–Trinajstić information content (AvgIpc) is 3.16. The molecule has 0 unspecified atom stereocenters. The number of aromatic nitrogens is 2. The highest BCUT2D eigenvalue weighted by molar-refractivity contribution is 7.17. The second-order valence-corrected chi connectivity index (χ2v) is 9.03. The van der Waals surface area contributed by atoms with Crippen LogP contribution in [0.1, 0.15) is 48.2 Å². The predicted molar refractivity (Wildman–Crippen MR) is 118 cm³/mol. The molecular weight excluding hydrogens is 362 g/mol. The molecule has 28 heavy (non-hydrogen) atoms. The lowest BCUT2D eigenvalue weighted by Gasteiger charge is -2.24. The van der Waals surface area contributed by atoms with Crippen molar-refractivity contribution in [3.8, 4) is 11.1 Å². The van der Waals surface area contributed by atoms with E-state index in [-0.39, 0.29) is 0 Å². The SMILES string of the molecule is Nc1c2c(nc3nc4c(c(-c5csc6ccccc56)c13)CCCC4)CCCC2. The smallest absolute Gasteiger partial charge is 0.162 e. The van der Waals surface area contributed by atoms with Gasteiger partial charge in [0, 0.05) is 38.3 Å². The molecule has 4 aromatic rings. The lowest BCUT2D eigenvalue weighted by molar-refractivity contribution is 0.665. The van der Waals surface area contributed by atoms with Crippen LogP contribution in [0.4, 0.5) is 5.69 Å². The molecule has 2 N–H and O–H groups in total. The van der Waals surface area contributed by atoms with E-state index in [2.05, 4.69) is 29.6 Å². The number of rotatable bonds is 1. The van der Waals surface area contributed by atoms with E-state index in [9.17, 15) is 0 Å². The minimum Gasteiger partial charge on any atom is -0.398 e. The summed E-state index contributed by atoms with van der Waals surface area (Å²) in [7, 11) is 0. The lowest BCUT2D eigenvalue weighted by atomic mass is 9.85. The molecule has 1 aromatic carbocycles. The van der Waals surface area contributed by atoms with Crippen molar-refractivity contribution in [2.45, 2.75) is 51.4 Å². The van der Waals surface area contributed by atoms with Crippen LogP contribution in [0.25, 0.3) is 32.2 Å². The molecule has 3 aromatic heterocycles. The molecule has 0 saturated carbocycles. The third kappa shape index (κ3) is 2.34. The van der Waals surface area contributed by atoms with Crippen molar-refractivity contribution in [3.63, 3.8) is 0 Å². The lowest BCUT2D eigenvalue weighted by Crippen LogP contribution is -2.14. The van der Waals surface area contributed by atoms with Gasteiger partial charge in [-0.05, 0) is 73.9 Å². The number of anilines is 1. The quantitative estimate of drug-likeness (QED) is 0.447. The van der Waals surface area contributed by atoms with Crippen molar-refractivity contribution in [3.05, 3.63) is 52.2 Å². The molecule has 0 bridgehead atoms. The fraction of sp³-hybridized carbons (Fsp3) is 0.333. The molecule has 4 heteroatoms. The van der Waals surface area contributed by atoms with Gasteiger partial charge in [0.15, 0.2) is 5.65 Å². The van der Waals surface area contributed by atoms with Crippen LogP contribution in [-0.2, 0) is 25.7 Å². The van der Waals surface area contributed by atoms with E-state index in [1.807, 2.05) is 11.3 Å². The molecule has 0 radical (unpaired) electrons. The summed E-state index contributed by atoms with van der Waals surface area (Å²) in [5, 5.41) is 4.74. The fourth-order valence-electron chi connectivity index (χ4n) is 5.11. The molecule has 6 rings (SSSR count). The Morgan fingerprint density at radius 3 is 2.32 bits per heavy atom. The van der Waals surface area contributed by atoms with E-state index in [1.54, 1.807) is 0 Å². The van der Waals surface area contributed by atoms with E-state index < -0.39 is 0 Å². The number of benzene rings is 1. The Labute approximate surface area is 168 Å². The first-order chi connectivity index (χ1) is 13.8. The van der Waals surface area contributed by atoms with Gasteiger partial charge in [-0.1, -0.05) is 18.2 Å². The zero-order valence-corrected chi connectivity index (χ0v) is 16.7. The minimum absolute atomic E-state index is 0.865. The van der Waals surface area contributed by atoms with Crippen molar-refractivity contribution in [1.29, 1.82) is 0 Å². The summed E-state index contributed by atoms with van der Waals surface area (Å²) in [5.41, 5.74) is 16.4. The van der Waals surface area contributed by atoms with Gasteiger partial charge in [-0.3, -0.25) is 0 Å². The topological polar surface area (TPSA) is 51.8 Å². The first-order valence-electron chi connectivity index (χ1n) is 10.4. The van der Waals surface area contributed by atoms with Crippen molar-refractivity contribution < 1.29 is 0 Å². The van der Waals surface area contributed by atoms with Gasteiger partial charge in [-0.15, -0.1) is 11.3 Å². The van der Waals surface area contributed by atoms with Gasteiger partial charge in [0.25, 0.3) is 0 Å². The summed E-state index contributed by atoms with van der Waals surface area (Å²) >= 11 is 1.82. The predicted octanol–water partition coefficient (Wildman–Crippen LogP) is 5.85. The van der Waals surface area contributed by atoms with Crippen LogP contribution >= 0.6 is 11.3 Å². The first kappa shape index (κ1) is 16.5. The fourth-order valence-corrected chi connectivity index (χ4v) is 6.07. The van der Waals surface area contributed by atoms with Crippen LogP contribution in [0.3, 0.4) is 0 Å². The Morgan fingerprint density at radius 2 is 1.50 bits per heavy atom. The van der Waals surface area contributed by atoms with Gasteiger partial charge in [0.05, 0.1) is 5.39 Å². The van der Waals surface area contributed by atoms with E-state index in [0.717, 1.165) is 42.4 Å². The Balaban J connectivity index is 1.77. The van der Waals surface area contributed by atoms with Crippen molar-refractivity contribution in [2.75, 3.05) is 5.73 Å². The number of aryl methyl sites for hydroxylation is 2. The summed E-state index contributed by atoms with van der Waals surface area (Å²) in [5.74, 6) is 0. The first-order valence-corrected chi connectivity index (χ1v) is 11.3. The third-order valence-electron chi connectivity index (χ3n) is 6.48. The summed E-state index contributed by atoms with van der Waals surface area (Å²) in [4.78, 5) is 10.1. The Bertz CT molecular complexity index is 1230. The van der Waals surface area contributed by atoms with E-state index in [0.29, 0.717) is 0 Å². The van der Waals surface area contributed by atoms with Crippen LogP contribution in [0, 0.1) is 0 Å². The Morgan fingerprint density at radius 1 is 0.821 bits per heavy atom. The maximum Gasteiger partial charge on any atom is 0.162 e. The van der Waals surface area contributed by atoms with Gasteiger partial charge >= 0.3 is 0 Å². The zero-order valence-electron chi connectivity index (χ0n) is 15.9. The van der Waals surface area contributed by atoms with Gasteiger partial charge in [-0.2, -0.15) is 0 Å². The number of nitrogens with two attached hydrogens (primary N) is 1. The van der Waals surface area contributed by atoms with Gasteiger partial charge < -0.3 is 5.73 Å². The number of fused-ring (bicyclic) bond motifs is 4. The number of thiophene rings is 1. The summed E-state index contributed by atoms with van der Waals surface area (Å²) in [6, 6.07) is 8.71. The van der Waals surface area contributed by atoms with Crippen LogP contribution in [0.15, 0.2) is 29.6 Å². The minimum atomic E-state index is 0.865. The molecule has 2 aliphatic rings. The molecule has 0 atom stereocenters. The van der Waals surface area contributed by atoms with Crippen molar-refractivity contribution in [1.82, 2.24) is 9.97 Å². The van der Waals surface area contributed by atoms with E-state index >= 15 is 0 Å². The van der Waals surface area contributed by atoms with Crippen LogP contribution < -0.4 is 5.73 Å². The van der Waals surface area contributed by atoms with Crippen molar-refractivity contribution in [2.24, 2.45) is 0 Å². The molecule has 2 aliphatic carbocycles. The van der Waals surface area contributed by atoms with Crippen molar-refractivity contribution >= 4 is 38.1 Å². The summed E-state index contributed by atoms with van der Waals surface area (Å²) in [6.45, 7) is 0. The average molecular weight is 386 g/mol. The van der Waals surface area contributed by atoms with Crippen LogP contribution in [-0.4, -0.2) is 9.97 Å². The monoisotopic (exact) mass is 385 g/mol. The number of nitrogen functional groups attached to an aromatic ring is 1. The molecule has 0 spiro atoms. The number of nitrogens with zero attached hydrogens (tertiary/aromatic N) is 2. The molecule has 3 heterocycles. The van der Waals surface area contributed by atoms with E-state index in [4.69, 9.17) is 15.7 Å². The molecule has 0 fully saturated rings. The molecule has 0 aliphatic heterocycles. The highest BCUT2D eigenvalue weighted by Crippen LogP contribution is 2.44. The largest absolute Gasteiger partial charge is 0.398 e. The molecule has 140 valence electrons. The number of hydrogen-bond donors (Lipinski definition) is 1. The highest BCUT2D eigenvalue weighted by Gasteiger charge is 2.26. The maximum absolute atomic E-state index is 6.85. The molecular formula is C24H23N3S.